The van der Waals surface area contributed by atoms with Gasteiger partial charge in [-0.1, -0.05) is 6.92 Å². The quantitative estimate of drug-likeness (QED) is 0.766. The van der Waals surface area contributed by atoms with Crippen molar-refractivity contribution >= 4 is 5.97 Å². The standard InChI is InChI=1S/C10H14N2O2/c1-7-2-3-8-5-11-9(4-10(13)14)12(8)6-7/h5,7H,2-4,6H2,1H3,(H,13,14). The summed E-state index contributed by atoms with van der Waals surface area (Å²) in [5.41, 5.74) is 1.18. The second-order valence-corrected chi connectivity index (χ2v) is 3.99. The Balaban J connectivity index is 2.26. The number of imidazole rings is 1. The van der Waals surface area contributed by atoms with Crippen molar-refractivity contribution in [1.29, 1.82) is 0 Å². The van der Waals surface area contributed by atoms with Crippen LogP contribution < -0.4 is 0 Å². The Morgan fingerprint density at radius 1 is 1.79 bits per heavy atom. The molecule has 0 bridgehead atoms. The van der Waals surface area contributed by atoms with Gasteiger partial charge in [0.25, 0.3) is 0 Å². The SMILES string of the molecule is CC1CCc2cnc(CC(=O)O)n2C1. The Kier molecular flexibility index (Phi) is 2.27. The molecule has 1 aromatic heterocycles. The summed E-state index contributed by atoms with van der Waals surface area (Å²) in [7, 11) is 0. The van der Waals surface area contributed by atoms with Gasteiger partial charge in [-0.3, -0.25) is 4.79 Å². The number of carboxylic acids is 1. The van der Waals surface area contributed by atoms with Gasteiger partial charge in [-0.2, -0.15) is 0 Å². The van der Waals surface area contributed by atoms with Gasteiger partial charge in [0.05, 0.1) is 0 Å². The normalized spacial score (nSPS) is 20.5. The van der Waals surface area contributed by atoms with Gasteiger partial charge in [-0.25, -0.2) is 4.98 Å². The topological polar surface area (TPSA) is 55.1 Å². The fourth-order valence-corrected chi connectivity index (χ4v) is 1.95. The second-order valence-electron chi connectivity index (χ2n) is 3.99. The van der Waals surface area contributed by atoms with Crippen LogP contribution in [0.1, 0.15) is 24.9 Å². The van der Waals surface area contributed by atoms with Gasteiger partial charge in [-0.05, 0) is 18.8 Å². The lowest BCUT2D eigenvalue weighted by atomic mass is 10.0. The van der Waals surface area contributed by atoms with Gasteiger partial charge in [0.1, 0.15) is 12.2 Å². The maximum atomic E-state index is 10.6. The van der Waals surface area contributed by atoms with Crippen molar-refractivity contribution in [3.63, 3.8) is 0 Å². The van der Waals surface area contributed by atoms with Crippen LogP contribution in [0.5, 0.6) is 0 Å². The molecular weight excluding hydrogens is 180 g/mol. The molecule has 0 aromatic carbocycles. The van der Waals surface area contributed by atoms with Crippen molar-refractivity contribution in [2.24, 2.45) is 5.92 Å². The first kappa shape index (κ1) is 9.24. The predicted octanol–water partition coefficient (Wildman–Crippen LogP) is 1.09. The number of aromatic nitrogens is 2. The number of carbonyl (C=O) groups is 1. The summed E-state index contributed by atoms with van der Waals surface area (Å²) >= 11 is 0. The molecule has 2 rings (SSSR count). The van der Waals surface area contributed by atoms with E-state index in [-0.39, 0.29) is 6.42 Å². The highest BCUT2D eigenvalue weighted by Crippen LogP contribution is 2.21. The van der Waals surface area contributed by atoms with E-state index in [4.69, 9.17) is 5.11 Å². The zero-order valence-corrected chi connectivity index (χ0v) is 8.23. The van der Waals surface area contributed by atoms with Gasteiger partial charge in [0.2, 0.25) is 0 Å². The third-order valence-electron chi connectivity index (χ3n) is 2.72. The van der Waals surface area contributed by atoms with E-state index in [0.29, 0.717) is 11.7 Å². The second kappa shape index (κ2) is 3.44. The Labute approximate surface area is 82.6 Å². The molecule has 1 unspecified atom stereocenters. The number of aryl methyl sites for hydroxylation is 1. The number of nitrogens with zero attached hydrogens (tertiary/aromatic N) is 2. The summed E-state index contributed by atoms with van der Waals surface area (Å²) in [6.07, 6.45) is 4.04. The van der Waals surface area contributed by atoms with Crippen LogP contribution in [-0.4, -0.2) is 20.6 Å². The highest BCUT2D eigenvalue weighted by atomic mass is 16.4. The zero-order valence-electron chi connectivity index (χ0n) is 8.23. The lowest BCUT2D eigenvalue weighted by molar-refractivity contribution is -0.136. The van der Waals surface area contributed by atoms with Crippen LogP contribution in [0.25, 0.3) is 0 Å². The average Bonchev–Trinajstić information content (AvgIpc) is 2.47. The molecule has 76 valence electrons. The first-order valence-corrected chi connectivity index (χ1v) is 4.92. The fourth-order valence-electron chi connectivity index (χ4n) is 1.95. The minimum Gasteiger partial charge on any atom is -0.481 e. The first-order chi connectivity index (χ1) is 6.66. The molecule has 0 amide bonds. The molecule has 1 aliphatic heterocycles. The molecule has 1 aliphatic rings. The third kappa shape index (κ3) is 1.64. The van der Waals surface area contributed by atoms with Gasteiger partial charge >= 0.3 is 5.97 Å². The number of hydrogen-bond acceptors (Lipinski definition) is 2. The summed E-state index contributed by atoms with van der Waals surface area (Å²) < 4.78 is 2.06. The van der Waals surface area contributed by atoms with Gasteiger partial charge in [-0.15, -0.1) is 0 Å². The van der Waals surface area contributed by atoms with E-state index in [1.54, 1.807) is 0 Å². The highest BCUT2D eigenvalue weighted by molar-refractivity contribution is 5.69. The van der Waals surface area contributed by atoms with Crippen LogP contribution in [0.3, 0.4) is 0 Å². The van der Waals surface area contributed by atoms with E-state index in [2.05, 4.69) is 16.5 Å². The molecule has 2 heterocycles. The van der Waals surface area contributed by atoms with Crippen LogP contribution in [-0.2, 0) is 24.2 Å². The first-order valence-electron chi connectivity index (χ1n) is 4.92. The van der Waals surface area contributed by atoms with E-state index in [9.17, 15) is 4.79 Å². The van der Waals surface area contributed by atoms with E-state index in [1.807, 2.05) is 6.20 Å². The van der Waals surface area contributed by atoms with Crippen LogP contribution >= 0.6 is 0 Å². The molecule has 1 N–H and O–H groups in total. The molecule has 0 saturated carbocycles. The Bertz CT molecular complexity index is 357. The summed E-state index contributed by atoms with van der Waals surface area (Å²) in [5.74, 6) is 0.514. The van der Waals surface area contributed by atoms with Crippen molar-refractivity contribution in [2.75, 3.05) is 0 Å². The molecule has 14 heavy (non-hydrogen) atoms. The monoisotopic (exact) mass is 194 g/mol. The van der Waals surface area contributed by atoms with Crippen LogP contribution in [0.2, 0.25) is 0 Å². The lowest BCUT2D eigenvalue weighted by Gasteiger charge is -2.21. The number of fused-ring (bicyclic) bond motifs is 1. The maximum absolute atomic E-state index is 10.6. The smallest absolute Gasteiger partial charge is 0.311 e. The largest absolute Gasteiger partial charge is 0.481 e. The minimum absolute atomic E-state index is 0.0344. The Morgan fingerprint density at radius 2 is 2.57 bits per heavy atom. The minimum atomic E-state index is -0.809. The van der Waals surface area contributed by atoms with Crippen LogP contribution in [0, 0.1) is 5.92 Å². The van der Waals surface area contributed by atoms with Gasteiger partial charge in [0.15, 0.2) is 0 Å². The predicted molar refractivity (Wildman–Crippen MR) is 51.1 cm³/mol. The van der Waals surface area contributed by atoms with E-state index < -0.39 is 5.97 Å². The lowest BCUT2D eigenvalue weighted by Crippen LogP contribution is -2.20. The number of rotatable bonds is 2. The van der Waals surface area contributed by atoms with Crippen LogP contribution in [0.4, 0.5) is 0 Å². The summed E-state index contributed by atoms with van der Waals surface area (Å²) in [4.78, 5) is 14.7. The summed E-state index contributed by atoms with van der Waals surface area (Å²) in [5, 5.41) is 8.70. The molecule has 4 nitrogen and oxygen atoms in total. The fraction of sp³-hybridized carbons (Fsp3) is 0.600. The molecule has 0 aliphatic carbocycles. The zero-order chi connectivity index (χ0) is 10.1. The molecular formula is C10H14N2O2. The van der Waals surface area contributed by atoms with Crippen molar-refractivity contribution in [3.8, 4) is 0 Å². The van der Waals surface area contributed by atoms with E-state index in [1.165, 1.54) is 12.1 Å². The molecule has 0 saturated heterocycles. The van der Waals surface area contributed by atoms with Gasteiger partial charge in [0, 0.05) is 18.4 Å². The van der Waals surface area contributed by atoms with Crippen molar-refractivity contribution < 1.29 is 9.90 Å². The molecule has 0 spiro atoms. The summed E-state index contributed by atoms with van der Waals surface area (Å²) in [6.45, 7) is 3.10. The maximum Gasteiger partial charge on any atom is 0.311 e. The average molecular weight is 194 g/mol. The Morgan fingerprint density at radius 3 is 3.29 bits per heavy atom. The number of carboxylic acid groups (broad SMARTS) is 1. The van der Waals surface area contributed by atoms with Crippen molar-refractivity contribution in [3.05, 3.63) is 17.7 Å². The molecule has 1 aromatic rings. The van der Waals surface area contributed by atoms with Gasteiger partial charge < -0.3 is 9.67 Å². The van der Waals surface area contributed by atoms with Crippen LogP contribution in [0.15, 0.2) is 6.20 Å². The highest BCUT2D eigenvalue weighted by Gasteiger charge is 2.19. The number of hydrogen-bond donors (Lipinski definition) is 1. The third-order valence-corrected chi connectivity index (χ3v) is 2.72. The van der Waals surface area contributed by atoms with Crippen molar-refractivity contribution in [2.45, 2.75) is 32.7 Å². The molecule has 1 atom stereocenters. The number of aliphatic carboxylic acids is 1. The van der Waals surface area contributed by atoms with E-state index >= 15 is 0 Å². The molecule has 4 heteroatoms. The molecule has 0 radical (unpaired) electrons. The molecule has 0 fully saturated rings. The van der Waals surface area contributed by atoms with E-state index in [0.717, 1.165) is 13.0 Å². The summed E-state index contributed by atoms with van der Waals surface area (Å²) in [6, 6.07) is 0. The Hall–Kier alpha value is -1.32. The van der Waals surface area contributed by atoms with Crippen molar-refractivity contribution in [1.82, 2.24) is 9.55 Å².